The summed E-state index contributed by atoms with van der Waals surface area (Å²) in [5.41, 5.74) is 3.56. The SMILES string of the molecule is CN(C)Cc1ccc(CNC(=O)N2CCN(c3ccncc3)CC2)cc1. The van der Waals surface area contributed by atoms with Gasteiger partial charge in [0.05, 0.1) is 0 Å². The number of aromatic nitrogens is 1. The van der Waals surface area contributed by atoms with Gasteiger partial charge in [-0.25, -0.2) is 4.79 Å². The predicted molar refractivity (Wildman–Crippen MR) is 104 cm³/mol. The van der Waals surface area contributed by atoms with E-state index in [4.69, 9.17) is 0 Å². The first-order valence-corrected chi connectivity index (χ1v) is 9.02. The third kappa shape index (κ3) is 4.95. The maximum absolute atomic E-state index is 12.4. The average molecular weight is 353 g/mol. The van der Waals surface area contributed by atoms with Crippen molar-refractivity contribution < 1.29 is 4.79 Å². The number of carbonyl (C=O) groups is 1. The summed E-state index contributed by atoms with van der Waals surface area (Å²) in [7, 11) is 4.12. The number of benzene rings is 1. The minimum absolute atomic E-state index is 0.0109. The Bertz CT molecular complexity index is 694. The molecule has 0 atom stereocenters. The van der Waals surface area contributed by atoms with E-state index in [1.54, 1.807) is 12.4 Å². The highest BCUT2D eigenvalue weighted by Gasteiger charge is 2.20. The van der Waals surface area contributed by atoms with Gasteiger partial charge >= 0.3 is 6.03 Å². The molecule has 0 bridgehead atoms. The van der Waals surface area contributed by atoms with Gasteiger partial charge in [0.2, 0.25) is 0 Å². The van der Waals surface area contributed by atoms with E-state index in [0.29, 0.717) is 6.54 Å². The lowest BCUT2D eigenvalue weighted by Crippen LogP contribution is -2.51. The van der Waals surface area contributed by atoms with Gasteiger partial charge in [-0.2, -0.15) is 0 Å². The van der Waals surface area contributed by atoms with Gasteiger partial charge in [0.1, 0.15) is 0 Å². The number of urea groups is 1. The second-order valence-corrected chi connectivity index (χ2v) is 6.89. The molecule has 1 aliphatic heterocycles. The molecule has 1 aliphatic rings. The number of nitrogens with zero attached hydrogens (tertiary/aromatic N) is 4. The Balaban J connectivity index is 1.44. The first kappa shape index (κ1) is 18.2. The number of anilines is 1. The third-order valence-electron chi connectivity index (χ3n) is 4.56. The van der Waals surface area contributed by atoms with Gasteiger partial charge in [0.15, 0.2) is 0 Å². The van der Waals surface area contributed by atoms with Crippen LogP contribution < -0.4 is 10.2 Å². The van der Waals surface area contributed by atoms with Gasteiger partial charge in [-0.3, -0.25) is 4.98 Å². The first-order valence-electron chi connectivity index (χ1n) is 9.02. The number of pyridine rings is 1. The highest BCUT2D eigenvalue weighted by Crippen LogP contribution is 2.14. The van der Waals surface area contributed by atoms with Gasteiger partial charge < -0.3 is 20.0 Å². The van der Waals surface area contributed by atoms with Crippen molar-refractivity contribution in [2.75, 3.05) is 45.2 Å². The highest BCUT2D eigenvalue weighted by molar-refractivity contribution is 5.74. The summed E-state index contributed by atoms with van der Waals surface area (Å²) in [5, 5.41) is 3.03. The quantitative estimate of drug-likeness (QED) is 0.895. The van der Waals surface area contributed by atoms with Crippen molar-refractivity contribution in [1.82, 2.24) is 20.1 Å². The molecule has 1 N–H and O–H groups in total. The van der Waals surface area contributed by atoms with E-state index in [1.807, 2.05) is 17.0 Å². The second kappa shape index (κ2) is 8.67. The summed E-state index contributed by atoms with van der Waals surface area (Å²) in [6.07, 6.45) is 3.61. The number of hydrogen-bond donors (Lipinski definition) is 1. The molecule has 6 nitrogen and oxygen atoms in total. The van der Waals surface area contributed by atoms with Gasteiger partial charge in [0, 0.05) is 57.3 Å². The van der Waals surface area contributed by atoms with Crippen molar-refractivity contribution >= 4 is 11.7 Å². The average Bonchev–Trinajstić information content (AvgIpc) is 2.67. The minimum atomic E-state index is 0.0109. The monoisotopic (exact) mass is 353 g/mol. The smallest absolute Gasteiger partial charge is 0.317 e. The van der Waals surface area contributed by atoms with Crippen LogP contribution in [0, 0.1) is 0 Å². The van der Waals surface area contributed by atoms with Crippen molar-refractivity contribution in [2.24, 2.45) is 0 Å². The first-order chi connectivity index (χ1) is 12.6. The Labute approximate surface area is 155 Å². The molecule has 0 aliphatic carbocycles. The Morgan fingerprint density at radius 1 is 1.00 bits per heavy atom. The number of amides is 2. The minimum Gasteiger partial charge on any atom is -0.368 e. The molecule has 0 radical (unpaired) electrons. The van der Waals surface area contributed by atoms with E-state index < -0.39 is 0 Å². The molecule has 0 spiro atoms. The van der Waals surface area contributed by atoms with E-state index in [9.17, 15) is 4.79 Å². The van der Waals surface area contributed by atoms with Crippen LogP contribution in [-0.4, -0.2) is 61.1 Å². The molecular formula is C20H27N5O. The molecule has 1 saturated heterocycles. The molecule has 26 heavy (non-hydrogen) atoms. The van der Waals surface area contributed by atoms with Gasteiger partial charge in [-0.15, -0.1) is 0 Å². The summed E-state index contributed by atoms with van der Waals surface area (Å²) < 4.78 is 0. The maximum Gasteiger partial charge on any atom is 0.317 e. The Morgan fingerprint density at radius 3 is 2.23 bits per heavy atom. The van der Waals surface area contributed by atoms with Crippen LogP contribution in [0.2, 0.25) is 0 Å². The molecule has 0 saturated carbocycles. The van der Waals surface area contributed by atoms with Crippen LogP contribution in [0.5, 0.6) is 0 Å². The van der Waals surface area contributed by atoms with E-state index in [-0.39, 0.29) is 6.03 Å². The highest BCUT2D eigenvalue weighted by atomic mass is 16.2. The summed E-state index contributed by atoms with van der Waals surface area (Å²) in [6, 6.07) is 12.4. The fourth-order valence-corrected chi connectivity index (χ4v) is 3.14. The van der Waals surface area contributed by atoms with Gasteiger partial charge in [-0.1, -0.05) is 24.3 Å². The van der Waals surface area contributed by atoms with Crippen LogP contribution in [0.3, 0.4) is 0 Å². The molecule has 3 rings (SSSR count). The van der Waals surface area contributed by atoms with Crippen LogP contribution >= 0.6 is 0 Å². The van der Waals surface area contributed by atoms with Crippen LogP contribution in [0.15, 0.2) is 48.8 Å². The normalized spacial score (nSPS) is 14.6. The largest absolute Gasteiger partial charge is 0.368 e. The van der Waals surface area contributed by atoms with Crippen molar-refractivity contribution in [3.05, 3.63) is 59.9 Å². The van der Waals surface area contributed by atoms with Crippen molar-refractivity contribution in [2.45, 2.75) is 13.1 Å². The summed E-state index contributed by atoms with van der Waals surface area (Å²) in [5.74, 6) is 0. The molecular weight excluding hydrogens is 326 g/mol. The second-order valence-electron chi connectivity index (χ2n) is 6.89. The number of rotatable bonds is 5. The summed E-state index contributed by atoms with van der Waals surface area (Å²) >= 11 is 0. The Kier molecular flexibility index (Phi) is 6.07. The van der Waals surface area contributed by atoms with Crippen LogP contribution in [0.1, 0.15) is 11.1 Å². The number of nitrogens with one attached hydrogen (secondary N) is 1. The maximum atomic E-state index is 12.4. The summed E-state index contributed by atoms with van der Waals surface area (Å²) in [6.45, 7) is 4.64. The van der Waals surface area contributed by atoms with Crippen molar-refractivity contribution in [3.8, 4) is 0 Å². The lowest BCUT2D eigenvalue weighted by Gasteiger charge is -2.36. The van der Waals surface area contributed by atoms with E-state index in [2.05, 4.69) is 58.5 Å². The number of carbonyl (C=O) groups excluding carboxylic acids is 1. The van der Waals surface area contributed by atoms with Crippen molar-refractivity contribution in [1.29, 1.82) is 0 Å². The standard InChI is InChI=1S/C20H27N5O/c1-23(2)16-18-5-3-17(4-6-18)15-22-20(26)25-13-11-24(12-14-25)19-7-9-21-10-8-19/h3-10H,11-16H2,1-2H3,(H,22,26). The third-order valence-corrected chi connectivity index (χ3v) is 4.56. The molecule has 2 heterocycles. The molecule has 1 aromatic carbocycles. The molecule has 138 valence electrons. The van der Waals surface area contributed by atoms with Crippen LogP contribution in [0.4, 0.5) is 10.5 Å². The molecule has 0 unspecified atom stereocenters. The van der Waals surface area contributed by atoms with Crippen molar-refractivity contribution in [3.63, 3.8) is 0 Å². The molecule has 1 fully saturated rings. The fraction of sp³-hybridized carbons (Fsp3) is 0.400. The zero-order valence-corrected chi connectivity index (χ0v) is 15.6. The topological polar surface area (TPSA) is 51.7 Å². The number of piperazine rings is 1. The van der Waals surface area contributed by atoms with Gasteiger partial charge in [-0.05, 0) is 37.4 Å². The van der Waals surface area contributed by atoms with E-state index >= 15 is 0 Å². The molecule has 1 aromatic heterocycles. The summed E-state index contributed by atoms with van der Waals surface area (Å²) in [4.78, 5) is 22.8. The zero-order chi connectivity index (χ0) is 18.4. The number of hydrogen-bond acceptors (Lipinski definition) is 4. The molecule has 6 heteroatoms. The lowest BCUT2D eigenvalue weighted by atomic mass is 10.1. The lowest BCUT2D eigenvalue weighted by molar-refractivity contribution is 0.194. The Hall–Kier alpha value is -2.60. The van der Waals surface area contributed by atoms with Crippen LogP contribution in [-0.2, 0) is 13.1 Å². The Morgan fingerprint density at radius 2 is 1.62 bits per heavy atom. The fourth-order valence-electron chi connectivity index (χ4n) is 3.14. The zero-order valence-electron chi connectivity index (χ0n) is 15.6. The van der Waals surface area contributed by atoms with E-state index in [0.717, 1.165) is 44.0 Å². The molecule has 2 aromatic rings. The van der Waals surface area contributed by atoms with E-state index in [1.165, 1.54) is 5.56 Å². The predicted octanol–water partition coefficient (Wildman–Crippen LogP) is 2.17. The van der Waals surface area contributed by atoms with Gasteiger partial charge in [0.25, 0.3) is 0 Å². The van der Waals surface area contributed by atoms with Crippen LogP contribution in [0.25, 0.3) is 0 Å². The molecule has 2 amide bonds.